The second kappa shape index (κ2) is 9.10. The van der Waals surface area contributed by atoms with Crippen LogP contribution in [-0.4, -0.2) is 55.6 Å². The quantitative estimate of drug-likeness (QED) is 0.331. The van der Waals surface area contributed by atoms with E-state index in [4.69, 9.17) is 8.92 Å². The molecule has 9 heteroatoms. The molecular weight excluding hydrogens is 508 g/mol. The van der Waals surface area contributed by atoms with Crippen molar-refractivity contribution in [2.75, 3.05) is 12.9 Å². The Hall–Kier alpha value is -2.88. The molecule has 4 aliphatic carbocycles. The van der Waals surface area contributed by atoms with Crippen LogP contribution < -0.4 is 0 Å². The van der Waals surface area contributed by atoms with E-state index in [1.54, 1.807) is 36.4 Å². The first kappa shape index (κ1) is 26.7. The van der Waals surface area contributed by atoms with E-state index in [0.717, 1.165) is 23.0 Å². The molecule has 5 atom stereocenters. The normalized spacial score (nSPS) is 34.2. The second-order valence-electron chi connectivity index (χ2n) is 11.2. The number of fused-ring (bicyclic) bond motifs is 4. The van der Waals surface area contributed by atoms with E-state index < -0.39 is 51.0 Å². The van der Waals surface area contributed by atoms with Crippen LogP contribution in [0.15, 0.2) is 65.3 Å². The third-order valence-electron chi connectivity index (χ3n) is 9.11. The van der Waals surface area contributed by atoms with E-state index in [0.29, 0.717) is 19.3 Å². The van der Waals surface area contributed by atoms with Gasteiger partial charge in [-0.15, -0.1) is 0 Å². The molecule has 8 nitrogen and oxygen atoms in total. The minimum atomic E-state index is -3.92. The van der Waals surface area contributed by atoms with Gasteiger partial charge in [0, 0.05) is 10.8 Å². The van der Waals surface area contributed by atoms with E-state index >= 15 is 0 Å². The van der Waals surface area contributed by atoms with Gasteiger partial charge in [0.25, 0.3) is 10.1 Å². The zero-order chi connectivity index (χ0) is 27.5. The van der Waals surface area contributed by atoms with Crippen LogP contribution in [0.4, 0.5) is 0 Å². The van der Waals surface area contributed by atoms with Gasteiger partial charge in [-0.3, -0.25) is 13.8 Å². The van der Waals surface area contributed by atoms with Crippen molar-refractivity contribution in [2.24, 2.45) is 16.7 Å². The first-order valence-electron chi connectivity index (χ1n) is 12.8. The highest BCUT2D eigenvalue weighted by Crippen LogP contribution is 2.65. The number of hydrogen-bond acceptors (Lipinski definition) is 8. The maximum Gasteiger partial charge on any atom is 0.339 e. The minimum absolute atomic E-state index is 0.0687. The molecule has 0 aliphatic heterocycles. The van der Waals surface area contributed by atoms with Gasteiger partial charge in [-0.1, -0.05) is 42.3 Å². The van der Waals surface area contributed by atoms with E-state index in [1.807, 2.05) is 19.9 Å². The lowest BCUT2D eigenvalue weighted by Crippen LogP contribution is -2.59. The summed E-state index contributed by atoms with van der Waals surface area (Å²) in [6, 6.07) is 8.31. The Bertz CT molecular complexity index is 1400. The van der Waals surface area contributed by atoms with Crippen LogP contribution in [0.5, 0.6) is 0 Å². The van der Waals surface area contributed by atoms with E-state index in [1.165, 1.54) is 6.08 Å². The number of hydrogen-bond donors (Lipinski definition) is 1. The molecular formula is C29H32O8S. The van der Waals surface area contributed by atoms with Crippen LogP contribution in [0.1, 0.15) is 56.3 Å². The van der Waals surface area contributed by atoms with Gasteiger partial charge in [-0.25, -0.2) is 4.79 Å². The lowest BCUT2D eigenvalue weighted by molar-refractivity contribution is -0.157. The Balaban J connectivity index is 1.59. The number of aliphatic hydroxyl groups excluding tert-OH is 1. The Labute approximate surface area is 222 Å². The Morgan fingerprint density at radius 1 is 1.13 bits per heavy atom. The SMILES string of the molecule is C[C@]12C=CC(=O)C=C1CCC1=C2C(O)C[C@@]2(C)[C@H]1CC[C@]2(OC(=O)c1ccccc1)C(=O)COS(C)(=O)=O. The molecule has 0 bridgehead atoms. The van der Waals surface area contributed by atoms with Crippen LogP contribution in [0, 0.1) is 16.7 Å². The number of aliphatic hydroxyl groups is 1. The van der Waals surface area contributed by atoms with Gasteiger partial charge >= 0.3 is 5.97 Å². The van der Waals surface area contributed by atoms with Crippen molar-refractivity contribution in [3.63, 3.8) is 0 Å². The second-order valence-corrected chi connectivity index (χ2v) is 12.9. The maximum absolute atomic E-state index is 13.8. The molecule has 1 unspecified atom stereocenters. The summed E-state index contributed by atoms with van der Waals surface area (Å²) in [6.45, 7) is 3.09. The van der Waals surface area contributed by atoms with Crippen molar-refractivity contribution >= 4 is 27.7 Å². The molecule has 4 aliphatic rings. The van der Waals surface area contributed by atoms with Crippen LogP contribution >= 0.6 is 0 Å². The maximum atomic E-state index is 13.8. The average Bonchev–Trinajstić information content (AvgIpc) is 3.15. The van der Waals surface area contributed by atoms with Gasteiger partial charge in [0.2, 0.25) is 5.78 Å². The monoisotopic (exact) mass is 540 g/mol. The average molecular weight is 541 g/mol. The zero-order valence-corrected chi connectivity index (χ0v) is 22.5. The van der Waals surface area contributed by atoms with E-state index in [-0.39, 0.29) is 30.1 Å². The smallest absolute Gasteiger partial charge is 0.339 e. The minimum Gasteiger partial charge on any atom is -0.447 e. The van der Waals surface area contributed by atoms with Crippen molar-refractivity contribution in [2.45, 2.75) is 57.7 Å². The molecule has 5 rings (SSSR count). The first-order chi connectivity index (χ1) is 17.8. The fraction of sp³-hybridized carbons (Fsp3) is 0.483. The largest absolute Gasteiger partial charge is 0.447 e. The van der Waals surface area contributed by atoms with Crippen LogP contribution in [-0.2, 0) is 28.6 Å². The van der Waals surface area contributed by atoms with Crippen molar-refractivity contribution in [3.8, 4) is 0 Å². The summed E-state index contributed by atoms with van der Waals surface area (Å²) in [4.78, 5) is 39.2. The van der Waals surface area contributed by atoms with Crippen molar-refractivity contribution in [1.29, 1.82) is 0 Å². The van der Waals surface area contributed by atoms with Gasteiger partial charge in [0.05, 0.1) is 17.9 Å². The van der Waals surface area contributed by atoms with Crippen LogP contribution in [0.2, 0.25) is 0 Å². The topological polar surface area (TPSA) is 124 Å². The fourth-order valence-corrected chi connectivity index (χ4v) is 7.65. The highest BCUT2D eigenvalue weighted by atomic mass is 32.2. The number of esters is 1. The number of ketones is 2. The lowest BCUT2D eigenvalue weighted by atomic mass is 9.52. The van der Waals surface area contributed by atoms with Crippen LogP contribution in [0.25, 0.3) is 0 Å². The zero-order valence-electron chi connectivity index (χ0n) is 21.7. The number of allylic oxidation sites excluding steroid dienone is 5. The highest BCUT2D eigenvalue weighted by Gasteiger charge is 2.67. The molecule has 1 saturated carbocycles. The van der Waals surface area contributed by atoms with E-state index in [2.05, 4.69) is 0 Å². The molecule has 0 heterocycles. The Morgan fingerprint density at radius 3 is 2.53 bits per heavy atom. The Kier molecular flexibility index (Phi) is 6.40. The molecule has 0 aromatic heterocycles. The van der Waals surface area contributed by atoms with E-state index in [9.17, 15) is 27.9 Å². The fourth-order valence-electron chi connectivity index (χ4n) is 7.33. The highest BCUT2D eigenvalue weighted by molar-refractivity contribution is 7.86. The standard InChI is InChI=1S/C29H32O8S/c1-27-13-11-20(30)15-19(27)9-10-21-22-12-14-29(24(32)17-36-38(3,34)35,28(22,2)16-23(31)25(21)27)37-26(33)18-7-5-4-6-8-18/h4-8,11,13,15,22-23,31H,9-10,12,14,16-17H2,1-3H3/t22-,23?,27-,28-,29-/m0/s1. The van der Waals surface area contributed by atoms with Crippen molar-refractivity contribution in [3.05, 3.63) is 70.8 Å². The number of rotatable bonds is 6. The number of benzene rings is 1. The molecule has 38 heavy (non-hydrogen) atoms. The molecule has 1 fully saturated rings. The van der Waals surface area contributed by atoms with Gasteiger partial charge in [0.15, 0.2) is 11.4 Å². The predicted octanol–water partition coefficient (Wildman–Crippen LogP) is 3.47. The summed E-state index contributed by atoms with van der Waals surface area (Å²) in [7, 11) is -3.92. The first-order valence-corrected chi connectivity index (χ1v) is 14.6. The molecule has 0 radical (unpaired) electrons. The molecule has 0 saturated heterocycles. The number of carbonyl (C=O) groups is 3. The molecule has 1 N–H and O–H groups in total. The summed E-state index contributed by atoms with van der Waals surface area (Å²) < 4.78 is 34.4. The van der Waals surface area contributed by atoms with Gasteiger partial charge in [-0.2, -0.15) is 8.42 Å². The Morgan fingerprint density at radius 2 is 1.84 bits per heavy atom. The molecule has 1 aromatic carbocycles. The molecule has 202 valence electrons. The van der Waals surface area contributed by atoms with Crippen LogP contribution in [0.3, 0.4) is 0 Å². The molecule has 1 aromatic rings. The third kappa shape index (κ3) is 4.12. The number of Topliss-reactive ketones (excluding diaryl/α,β-unsaturated/α-hetero) is 1. The summed E-state index contributed by atoms with van der Waals surface area (Å²) in [6.07, 6.45) is 7.04. The summed E-state index contributed by atoms with van der Waals surface area (Å²) in [5.74, 6) is -1.58. The van der Waals surface area contributed by atoms with Gasteiger partial charge in [0.1, 0.15) is 6.61 Å². The van der Waals surface area contributed by atoms with Crippen molar-refractivity contribution < 1.29 is 36.8 Å². The van der Waals surface area contributed by atoms with Crippen molar-refractivity contribution in [1.82, 2.24) is 0 Å². The third-order valence-corrected chi connectivity index (χ3v) is 9.66. The summed E-state index contributed by atoms with van der Waals surface area (Å²) in [5, 5.41) is 11.6. The number of ether oxygens (including phenoxy) is 1. The number of carbonyl (C=O) groups excluding carboxylic acids is 3. The predicted molar refractivity (Wildman–Crippen MR) is 138 cm³/mol. The van der Waals surface area contributed by atoms with Gasteiger partial charge in [-0.05, 0) is 74.8 Å². The molecule has 0 amide bonds. The summed E-state index contributed by atoms with van der Waals surface area (Å²) in [5.41, 5.74) is -0.181. The van der Waals surface area contributed by atoms with Gasteiger partial charge < -0.3 is 9.84 Å². The lowest BCUT2D eigenvalue weighted by Gasteiger charge is -2.54. The molecule has 0 spiro atoms. The summed E-state index contributed by atoms with van der Waals surface area (Å²) >= 11 is 0.